The monoisotopic (exact) mass is 228 g/mol. The van der Waals surface area contributed by atoms with E-state index >= 15 is 0 Å². The van der Waals surface area contributed by atoms with E-state index in [-0.39, 0.29) is 0 Å². The van der Waals surface area contributed by atoms with Gasteiger partial charge in [-0.3, -0.25) is 4.90 Å². The summed E-state index contributed by atoms with van der Waals surface area (Å²) in [4.78, 5) is 2.55. The minimum absolute atomic E-state index is 0.346. The molecule has 0 heterocycles. The number of likely N-dealkylation sites (N-methyl/N-ethyl adjacent to an activating group) is 1. The lowest BCUT2D eigenvalue weighted by Crippen LogP contribution is -2.42. The van der Waals surface area contributed by atoms with Crippen LogP contribution in [0.25, 0.3) is 0 Å². The highest BCUT2D eigenvalue weighted by atomic mass is 16.5. The van der Waals surface area contributed by atoms with Gasteiger partial charge >= 0.3 is 0 Å². The van der Waals surface area contributed by atoms with Crippen LogP contribution in [0, 0.1) is 0 Å². The third kappa shape index (κ3) is 4.81. The molecule has 1 aliphatic carbocycles. The van der Waals surface area contributed by atoms with Crippen LogP contribution in [0.3, 0.4) is 0 Å². The number of hydrogen-bond acceptors (Lipinski definition) is 3. The molecule has 0 spiro atoms. The predicted octanol–water partition coefficient (Wildman–Crippen LogP) is 2.00. The maximum atomic E-state index is 5.94. The first kappa shape index (κ1) is 13.9. The van der Waals surface area contributed by atoms with Crippen molar-refractivity contribution in [3.8, 4) is 0 Å². The van der Waals surface area contributed by atoms with Crippen molar-refractivity contribution in [1.29, 1.82) is 0 Å². The molecule has 1 saturated carbocycles. The van der Waals surface area contributed by atoms with Crippen LogP contribution >= 0.6 is 0 Å². The number of nitrogens with zero attached hydrogens (tertiary/aromatic N) is 1. The van der Waals surface area contributed by atoms with Crippen molar-refractivity contribution < 1.29 is 4.74 Å². The first-order valence-corrected chi connectivity index (χ1v) is 6.74. The SMILES string of the molecule is CCN(CCOC(C)C)C1CCC(N)CC1. The molecule has 96 valence electrons. The van der Waals surface area contributed by atoms with Gasteiger partial charge in [-0.15, -0.1) is 0 Å². The number of rotatable bonds is 6. The summed E-state index contributed by atoms with van der Waals surface area (Å²) < 4.78 is 5.62. The van der Waals surface area contributed by atoms with Gasteiger partial charge in [-0.05, 0) is 46.1 Å². The van der Waals surface area contributed by atoms with E-state index in [0.29, 0.717) is 12.1 Å². The lowest BCUT2D eigenvalue weighted by Gasteiger charge is -2.35. The molecule has 0 aliphatic heterocycles. The maximum Gasteiger partial charge on any atom is 0.0597 e. The Hall–Kier alpha value is -0.120. The Kier molecular flexibility index (Phi) is 6.32. The Morgan fingerprint density at radius 3 is 2.38 bits per heavy atom. The summed E-state index contributed by atoms with van der Waals surface area (Å²) in [5.41, 5.74) is 5.94. The van der Waals surface area contributed by atoms with Crippen molar-refractivity contribution in [1.82, 2.24) is 4.90 Å². The molecular formula is C13H28N2O. The molecule has 0 unspecified atom stereocenters. The van der Waals surface area contributed by atoms with E-state index in [1.165, 1.54) is 25.7 Å². The summed E-state index contributed by atoms with van der Waals surface area (Å²) in [5, 5.41) is 0. The molecule has 0 aromatic rings. The average Bonchev–Trinajstić information content (AvgIpc) is 2.26. The molecule has 2 N–H and O–H groups in total. The lowest BCUT2D eigenvalue weighted by molar-refractivity contribution is 0.0441. The van der Waals surface area contributed by atoms with Crippen molar-refractivity contribution in [2.45, 2.75) is 64.6 Å². The van der Waals surface area contributed by atoms with Gasteiger partial charge in [-0.2, -0.15) is 0 Å². The van der Waals surface area contributed by atoms with Gasteiger partial charge in [-0.25, -0.2) is 0 Å². The second-order valence-corrected chi connectivity index (χ2v) is 5.12. The second-order valence-electron chi connectivity index (χ2n) is 5.12. The lowest BCUT2D eigenvalue weighted by atomic mass is 9.91. The van der Waals surface area contributed by atoms with Crippen LogP contribution in [0.1, 0.15) is 46.5 Å². The number of hydrogen-bond donors (Lipinski definition) is 1. The van der Waals surface area contributed by atoms with E-state index in [1.54, 1.807) is 0 Å². The first-order valence-electron chi connectivity index (χ1n) is 6.74. The van der Waals surface area contributed by atoms with Crippen molar-refractivity contribution in [3.05, 3.63) is 0 Å². The Morgan fingerprint density at radius 1 is 1.25 bits per heavy atom. The molecule has 0 aromatic heterocycles. The Labute approximate surface area is 100 Å². The molecular weight excluding hydrogens is 200 g/mol. The van der Waals surface area contributed by atoms with E-state index in [4.69, 9.17) is 10.5 Å². The largest absolute Gasteiger partial charge is 0.377 e. The second kappa shape index (κ2) is 7.25. The summed E-state index contributed by atoms with van der Waals surface area (Å²) >= 11 is 0. The smallest absolute Gasteiger partial charge is 0.0597 e. The topological polar surface area (TPSA) is 38.5 Å². The molecule has 3 heteroatoms. The van der Waals surface area contributed by atoms with Crippen LogP contribution in [-0.4, -0.2) is 42.8 Å². The van der Waals surface area contributed by atoms with Gasteiger partial charge in [0.2, 0.25) is 0 Å². The fourth-order valence-electron chi connectivity index (χ4n) is 2.47. The van der Waals surface area contributed by atoms with Crippen LogP contribution in [0.15, 0.2) is 0 Å². The van der Waals surface area contributed by atoms with Crippen LogP contribution in [-0.2, 0) is 4.74 Å². The van der Waals surface area contributed by atoms with Crippen LogP contribution in [0.5, 0.6) is 0 Å². The minimum Gasteiger partial charge on any atom is -0.377 e. The molecule has 16 heavy (non-hydrogen) atoms. The molecule has 3 nitrogen and oxygen atoms in total. The molecule has 0 amide bonds. The van der Waals surface area contributed by atoms with E-state index in [1.807, 2.05) is 0 Å². The molecule has 0 aromatic carbocycles. The normalized spacial score (nSPS) is 26.6. The zero-order valence-corrected chi connectivity index (χ0v) is 11.1. The van der Waals surface area contributed by atoms with Gasteiger partial charge in [-0.1, -0.05) is 6.92 Å². The van der Waals surface area contributed by atoms with Gasteiger partial charge in [0.15, 0.2) is 0 Å². The van der Waals surface area contributed by atoms with E-state index in [9.17, 15) is 0 Å². The fourth-order valence-corrected chi connectivity index (χ4v) is 2.47. The standard InChI is InChI=1S/C13H28N2O/c1-4-15(9-10-16-11(2)3)13-7-5-12(14)6-8-13/h11-13H,4-10,14H2,1-3H3. The average molecular weight is 228 g/mol. The number of ether oxygens (including phenoxy) is 1. The van der Waals surface area contributed by atoms with Gasteiger partial charge in [0.05, 0.1) is 12.7 Å². The predicted molar refractivity (Wildman–Crippen MR) is 68.6 cm³/mol. The molecule has 0 saturated heterocycles. The maximum absolute atomic E-state index is 5.94. The Balaban J connectivity index is 2.24. The van der Waals surface area contributed by atoms with E-state index < -0.39 is 0 Å². The van der Waals surface area contributed by atoms with E-state index in [2.05, 4.69) is 25.7 Å². The Morgan fingerprint density at radius 2 is 1.88 bits per heavy atom. The van der Waals surface area contributed by atoms with Crippen LogP contribution in [0.2, 0.25) is 0 Å². The quantitative estimate of drug-likeness (QED) is 0.756. The zero-order chi connectivity index (χ0) is 12.0. The third-order valence-electron chi connectivity index (χ3n) is 3.49. The fraction of sp³-hybridized carbons (Fsp3) is 1.00. The minimum atomic E-state index is 0.346. The van der Waals surface area contributed by atoms with Crippen molar-refractivity contribution in [3.63, 3.8) is 0 Å². The molecule has 1 aliphatic rings. The van der Waals surface area contributed by atoms with Crippen molar-refractivity contribution in [2.75, 3.05) is 19.7 Å². The van der Waals surface area contributed by atoms with Crippen LogP contribution in [0.4, 0.5) is 0 Å². The highest BCUT2D eigenvalue weighted by molar-refractivity contribution is 4.80. The van der Waals surface area contributed by atoms with Crippen molar-refractivity contribution >= 4 is 0 Å². The zero-order valence-electron chi connectivity index (χ0n) is 11.1. The van der Waals surface area contributed by atoms with Gasteiger partial charge in [0.25, 0.3) is 0 Å². The summed E-state index contributed by atoms with van der Waals surface area (Å²) in [6.07, 6.45) is 5.24. The van der Waals surface area contributed by atoms with Gasteiger partial charge in [0, 0.05) is 18.6 Å². The van der Waals surface area contributed by atoms with Gasteiger partial charge < -0.3 is 10.5 Å². The molecule has 0 bridgehead atoms. The van der Waals surface area contributed by atoms with Crippen molar-refractivity contribution in [2.24, 2.45) is 5.73 Å². The van der Waals surface area contributed by atoms with Gasteiger partial charge in [0.1, 0.15) is 0 Å². The molecule has 1 fully saturated rings. The van der Waals surface area contributed by atoms with Crippen LogP contribution < -0.4 is 5.73 Å². The highest BCUT2D eigenvalue weighted by Crippen LogP contribution is 2.21. The molecule has 0 atom stereocenters. The summed E-state index contributed by atoms with van der Waals surface area (Å²) in [6, 6.07) is 1.18. The molecule has 1 rings (SSSR count). The number of nitrogens with two attached hydrogens (primary N) is 1. The summed E-state index contributed by atoms with van der Waals surface area (Å²) in [5.74, 6) is 0. The summed E-state index contributed by atoms with van der Waals surface area (Å²) in [7, 11) is 0. The van der Waals surface area contributed by atoms with E-state index in [0.717, 1.165) is 25.7 Å². The molecule has 0 radical (unpaired) electrons. The first-order chi connectivity index (χ1) is 7.63. The summed E-state index contributed by atoms with van der Waals surface area (Å²) in [6.45, 7) is 9.47. The third-order valence-corrected chi connectivity index (χ3v) is 3.49. The Bertz CT molecular complexity index is 177. The highest BCUT2D eigenvalue weighted by Gasteiger charge is 2.22.